The Morgan fingerprint density at radius 1 is 1.00 bits per heavy atom. The van der Waals surface area contributed by atoms with Crippen molar-refractivity contribution >= 4 is 0 Å². The van der Waals surface area contributed by atoms with Crippen LogP contribution in [0.4, 0.5) is 0 Å². The van der Waals surface area contributed by atoms with Crippen LogP contribution in [0, 0.1) is 12.3 Å². The van der Waals surface area contributed by atoms with Gasteiger partial charge in [-0.1, -0.05) is 20.8 Å². The number of rotatable bonds is 0. The molecule has 0 rings (SSSR count). The Balaban J connectivity index is -0.0000000575. The van der Waals surface area contributed by atoms with Crippen molar-refractivity contribution in [3.8, 4) is 0 Å². The van der Waals surface area contributed by atoms with Crippen molar-refractivity contribution in [2.75, 3.05) is 0 Å². The van der Waals surface area contributed by atoms with Crippen molar-refractivity contribution < 1.29 is 32.7 Å². The Labute approximate surface area is 79.3 Å². The van der Waals surface area contributed by atoms with E-state index in [2.05, 4.69) is 20.8 Å². The van der Waals surface area contributed by atoms with Gasteiger partial charge >= 0.3 is 0 Å². The molecular formula is C7H17Y-. The first-order chi connectivity index (χ1) is 3.15. The quantitative estimate of drug-likeness (QED) is 0.515. The van der Waals surface area contributed by atoms with Crippen molar-refractivity contribution in [2.45, 2.75) is 34.6 Å². The van der Waals surface area contributed by atoms with E-state index in [9.17, 15) is 0 Å². The van der Waals surface area contributed by atoms with E-state index in [0.29, 0.717) is 0 Å². The van der Waals surface area contributed by atoms with E-state index in [-0.39, 0.29) is 32.7 Å². The monoisotopic (exact) mass is 190 g/mol. The second-order valence-corrected chi connectivity index (χ2v) is 2.31. The van der Waals surface area contributed by atoms with Crippen LogP contribution in [-0.2, 0) is 32.7 Å². The Kier molecular flexibility index (Phi) is 31.5. The van der Waals surface area contributed by atoms with E-state index in [4.69, 9.17) is 0 Å². The smallest absolute Gasteiger partial charge is 0 e. The van der Waals surface area contributed by atoms with Crippen LogP contribution in [0.15, 0.2) is 0 Å². The average molecular weight is 190 g/mol. The minimum absolute atomic E-state index is 0. The van der Waals surface area contributed by atoms with Crippen LogP contribution in [-0.4, -0.2) is 0 Å². The topological polar surface area (TPSA) is 0 Å². The van der Waals surface area contributed by atoms with Crippen LogP contribution in [0.25, 0.3) is 0 Å². The van der Waals surface area contributed by atoms with Gasteiger partial charge in [-0.3, -0.25) is 0 Å². The van der Waals surface area contributed by atoms with Gasteiger partial charge in [0.05, 0.1) is 0 Å². The van der Waals surface area contributed by atoms with E-state index in [0.717, 1.165) is 5.92 Å². The molecule has 0 bridgehead atoms. The molecule has 0 fully saturated rings. The third-order valence-corrected chi connectivity index (χ3v) is 0. The summed E-state index contributed by atoms with van der Waals surface area (Å²) < 4.78 is 0. The normalized spacial score (nSPS) is 6.75. The first kappa shape index (κ1) is 16.0. The number of hydrogen-bond donors (Lipinski definition) is 0. The third kappa shape index (κ3) is 217. The maximum absolute atomic E-state index is 2.17. The van der Waals surface area contributed by atoms with Crippen LogP contribution in [0.5, 0.6) is 0 Å². The van der Waals surface area contributed by atoms with Crippen molar-refractivity contribution in [3.05, 3.63) is 6.42 Å². The average Bonchev–Trinajstić information content (AvgIpc) is 1.33. The van der Waals surface area contributed by atoms with E-state index in [1.807, 2.05) is 20.3 Å². The summed E-state index contributed by atoms with van der Waals surface area (Å²) in [6.45, 7) is 10.5. The van der Waals surface area contributed by atoms with Crippen molar-refractivity contribution in [1.29, 1.82) is 0 Å². The van der Waals surface area contributed by atoms with Gasteiger partial charge in [0.1, 0.15) is 0 Å². The minimum Gasteiger partial charge on any atom is -0.335 e. The maximum atomic E-state index is 2.17. The molecule has 0 aliphatic carbocycles. The van der Waals surface area contributed by atoms with Gasteiger partial charge in [0.2, 0.25) is 0 Å². The molecule has 8 heavy (non-hydrogen) atoms. The molecule has 0 aromatic heterocycles. The van der Waals surface area contributed by atoms with Crippen molar-refractivity contribution in [1.82, 2.24) is 0 Å². The molecule has 0 saturated heterocycles. The molecule has 0 saturated carbocycles. The van der Waals surface area contributed by atoms with Crippen molar-refractivity contribution in [3.63, 3.8) is 0 Å². The van der Waals surface area contributed by atoms with Crippen LogP contribution < -0.4 is 0 Å². The second kappa shape index (κ2) is 15.7. The Morgan fingerprint density at radius 2 is 1.00 bits per heavy atom. The Hall–Kier alpha value is 1.10. The van der Waals surface area contributed by atoms with E-state index in [1.54, 1.807) is 0 Å². The molecule has 1 heteroatoms. The molecule has 0 nitrogen and oxygen atoms in total. The summed E-state index contributed by atoms with van der Waals surface area (Å²) in [5.41, 5.74) is 0. The molecule has 0 N–H and O–H groups in total. The van der Waals surface area contributed by atoms with Gasteiger partial charge in [-0.25, -0.2) is 0 Å². The predicted molar refractivity (Wildman–Crippen MR) is 36.2 cm³/mol. The van der Waals surface area contributed by atoms with Crippen LogP contribution in [0.3, 0.4) is 0 Å². The summed E-state index contributed by atoms with van der Waals surface area (Å²) in [5.74, 6) is 0.833. The zero-order valence-corrected chi connectivity index (χ0v) is 9.57. The molecule has 0 aliphatic rings. The van der Waals surface area contributed by atoms with E-state index < -0.39 is 0 Å². The van der Waals surface area contributed by atoms with Crippen LogP contribution in [0.2, 0.25) is 0 Å². The molecule has 0 unspecified atom stereocenters. The number of hydrogen-bond acceptors (Lipinski definition) is 0. The van der Waals surface area contributed by atoms with Gasteiger partial charge in [-0.15, -0.1) is 0 Å². The summed E-state index contributed by atoms with van der Waals surface area (Å²) in [4.78, 5) is 0. The molecule has 0 aliphatic heterocycles. The van der Waals surface area contributed by atoms with Gasteiger partial charge in [-0.2, -0.15) is 13.8 Å². The fourth-order valence-electron chi connectivity index (χ4n) is 0. The summed E-state index contributed by atoms with van der Waals surface area (Å²) >= 11 is 0. The molecule has 1 radical (unpaired) electrons. The molecule has 0 heterocycles. The maximum Gasteiger partial charge on any atom is 0 e. The van der Waals surface area contributed by atoms with E-state index in [1.165, 1.54) is 0 Å². The first-order valence-corrected chi connectivity index (χ1v) is 2.89. The van der Waals surface area contributed by atoms with Gasteiger partial charge in [0.25, 0.3) is 0 Å². The van der Waals surface area contributed by atoms with Gasteiger partial charge in [0, 0.05) is 32.7 Å². The summed E-state index contributed by atoms with van der Waals surface area (Å²) in [6.07, 6.45) is 2.00. The summed E-state index contributed by atoms with van der Waals surface area (Å²) in [6, 6.07) is 0. The zero-order valence-electron chi connectivity index (χ0n) is 6.73. The SMILES string of the molecule is CC(C)C.C[CH-]C.[Y]. The molecule has 49 valence electrons. The zero-order chi connectivity index (χ0) is 6.28. The molecule has 0 aromatic carbocycles. The molecule has 0 aromatic rings. The fourth-order valence-corrected chi connectivity index (χ4v) is 0. The molecular weight excluding hydrogens is 173 g/mol. The fraction of sp³-hybridized carbons (Fsp3) is 0.857. The van der Waals surface area contributed by atoms with Gasteiger partial charge < -0.3 is 6.42 Å². The second-order valence-electron chi connectivity index (χ2n) is 2.31. The Bertz CT molecular complexity index is 15.6. The van der Waals surface area contributed by atoms with Crippen LogP contribution in [0.1, 0.15) is 34.6 Å². The predicted octanol–water partition coefficient (Wildman–Crippen LogP) is 2.89. The third-order valence-electron chi connectivity index (χ3n) is 0. The van der Waals surface area contributed by atoms with Crippen molar-refractivity contribution in [2.24, 2.45) is 5.92 Å². The minimum atomic E-state index is 0. The molecule has 0 atom stereocenters. The first-order valence-electron chi connectivity index (χ1n) is 2.89. The molecule has 0 amide bonds. The summed E-state index contributed by atoms with van der Waals surface area (Å²) in [7, 11) is 0. The molecule has 0 spiro atoms. The van der Waals surface area contributed by atoms with E-state index >= 15 is 0 Å². The van der Waals surface area contributed by atoms with Gasteiger partial charge in [0.15, 0.2) is 0 Å². The Morgan fingerprint density at radius 3 is 1.00 bits per heavy atom. The van der Waals surface area contributed by atoms with Crippen LogP contribution >= 0.6 is 0 Å². The standard InChI is InChI=1S/C4H10.C3H7.Y/c1-4(2)3;1-3-2;/h4H,1-3H3;3H,1-2H3;/q;-1;. The largest absolute Gasteiger partial charge is 0.335 e. The van der Waals surface area contributed by atoms with Gasteiger partial charge in [-0.05, 0) is 5.92 Å². The summed E-state index contributed by atoms with van der Waals surface area (Å²) in [5, 5.41) is 0.